The summed E-state index contributed by atoms with van der Waals surface area (Å²) in [5.41, 5.74) is 0. The Morgan fingerprint density at radius 1 is 1.71 bits per heavy atom. The number of hydrogen-bond acceptors (Lipinski definition) is 6. The second-order valence-corrected chi connectivity index (χ2v) is 3.98. The average molecular weight is 240 g/mol. The van der Waals surface area contributed by atoms with Crippen LogP contribution in [0.4, 0.5) is 0 Å². The number of nitrogens with zero attached hydrogens (tertiary/aromatic N) is 4. The van der Waals surface area contributed by atoms with Crippen molar-refractivity contribution >= 4 is 5.97 Å². The number of morpholine rings is 1. The zero-order chi connectivity index (χ0) is 12.3. The fraction of sp³-hybridized carbons (Fsp3) is 0.700. The van der Waals surface area contributed by atoms with E-state index >= 15 is 0 Å². The van der Waals surface area contributed by atoms with Gasteiger partial charge in [-0.1, -0.05) is 0 Å². The van der Waals surface area contributed by atoms with Crippen LogP contribution in [0, 0.1) is 0 Å². The second-order valence-electron chi connectivity index (χ2n) is 3.98. The van der Waals surface area contributed by atoms with E-state index in [4.69, 9.17) is 4.74 Å². The Kier molecular flexibility index (Phi) is 3.70. The molecule has 0 aromatic carbocycles. The van der Waals surface area contributed by atoms with E-state index in [-0.39, 0.29) is 5.97 Å². The second kappa shape index (κ2) is 5.24. The van der Waals surface area contributed by atoms with Gasteiger partial charge in [0, 0.05) is 20.1 Å². The predicted octanol–water partition coefficient (Wildman–Crippen LogP) is -0.811. The largest absolute Gasteiger partial charge is 0.467 e. The maximum absolute atomic E-state index is 11.4. The van der Waals surface area contributed by atoms with Crippen molar-refractivity contribution in [3.63, 3.8) is 0 Å². The molecule has 0 amide bonds. The number of carbonyl (C=O) groups is 1. The van der Waals surface area contributed by atoms with Crippen molar-refractivity contribution in [1.82, 2.24) is 19.7 Å². The average Bonchev–Trinajstić information content (AvgIpc) is 2.74. The topological polar surface area (TPSA) is 69.5 Å². The molecule has 1 aliphatic rings. The highest BCUT2D eigenvalue weighted by molar-refractivity contribution is 5.74. The van der Waals surface area contributed by atoms with Gasteiger partial charge in [0.2, 0.25) is 0 Å². The van der Waals surface area contributed by atoms with Crippen LogP contribution in [0.3, 0.4) is 0 Å². The van der Waals surface area contributed by atoms with Crippen LogP contribution in [0.25, 0.3) is 0 Å². The lowest BCUT2D eigenvalue weighted by atomic mass is 10.2. The molecule has 0 radical (unpaired) electrons. The van der Waals surface area contributed by atoms with Gasteiger partial charge < -0.3 is 14.0 Å². The molecule has 1 aromatic rings. The van der Waals surface area contributed by atoms with E-state index in [0.29, 0.717) is 19.7 Å². The summed E-state index contributed by atoms with van der Waals surface area (Å²) in [6.07, 6.45) is 1.16. The minimum atomic E-state index is -0.498. The fourth-order valence-electron chi connectivity index (χ4n) is 1.77. The molecule has 2 heterocycles. The molecule has 1 saturated heterocycles. The standard InChI is InChI=1S/C10H16N4O3/c1-13-7-11-12-9(13)6-14-3-4-17-8(5-14)10(15)16-2/h7-8H,3-6H2,1-2H3. The van der Waals surface area contributed by atoms with Crippen molar-refractivity contribution < 1.29 is 14.3 Å². The Hall–Kier alpha value is -1.47. The summed E-state index contributed by atoms with van der Waals surface area (Å²) < 4.78 is 11.9. The van der Waals surface area contributed by atoms with Gasteiger partial charge in [0.05, 0.1) is 20.3 Å². The van der Waals surface area contributed by atoms with E-state index in [1.54, 1.807) is 6.33 Å². The Balaban J connectivity index is 1.94. The van der Waals surface area contributed by atoms with Crippen LogP contribution in [-0.2, 0) is 27.9 Å². The summed E-state index contributed by atoms with van der Waals surface area (Å²) >= 11 is 0. The molecule has 1 aliphatic heterocycles. The smallest absolute Gasteiger partial charge is 0.336 e. The minimum absolute atomic E-state index is 0.326. The third-order valence-corrected chi connectivity index (χ3v) is 2.78. The number of esters is 1. The van der Waals surface area contributed by atoms with Crippen molar-refractivity contribution in [3.05, 3.63) is 12.2 Å². The molecule has 1 fully saturated rings. The Morgan fingerprint density at radius 2 is 2.53 bits per heavy atom. The van der Waals surface area contributed by atoms with Crippen LogP contribution in [0.2, 0.25) is 0 Å². The minimum Gasteiger partial charge on any atom is -0.467 e. The molecule has 17 heavy (non-hydrogen) atoms. The van der Waals surface area contributed by atoms with Gasteiger partial charge in [-0.05, 0) is 0 Å². The van der Waals surface area contributed by atoms with Crippen LogP contribution in [0.1, 0.15) is 5.82 Å². The van der Waals surface area contributed by atoms with Gasteiger partial charge in [-0.25, -0.2) is 4.79 Å². The number of carbonyl (C=O) groups excluding carboxylic acids is 1. The van der Waals surface area contributed by atoms with Crippen molar-refractivity contribution in [1.29, 1.82) is 0 Å². The van der Waals surface area contributed by atoms with E-state index < -0.39 is 6.10 Å². The molecule has 0 saturated carbocycles. The third kappa shape index (κ3) is 2.80. The van der Waals surface area contributed by atoms with Crippen molar-refractivity contribution in [2.24, 2.45) is 7.05 Å². The molecule has 0 N–H and O–H groups in total. The molecule has 0 bridgehead atoms. The van der Waals surface area contributed by atoms with Gasteiger partial charge in [-0.2, -0.15) is 0 Å². The molecule has 1 aromatic heterocycles. The van der Waals surface area contributed by atoms with Gasteiger partial charge in [0.1, 0.15) is 12.2 Å². The molecule has 1 atom stereocenters. The first-order valence-corrected chi connectivity index (χ1v) is 5.45. The van der Waals surface area contributed by atoms with Gasteiger partial charge in [-0.15, -0.1) is 10.2 Å². The highest BCUT2D eigenvalue weighted by atomic mass is 16.6. The van der Waals surface area contributed by atoms with E-state index in [1.165, 1.54) is 7.11 Å². The summed E-state index contributed by atoms with van der Waals surface area (Å²) in [4.78, 5) is 13.5. The van der Waals surface area contributed by atoms with E-state index in [2.05, 4.69) is 19.8 Å². The maximum atomic E-state index is 11.4. The lowest BCUT2D eigenvalue weighted by molar-refractivity contribution is -0.160. The summed E-state index contributed by atoms with van der Waals surface area (Å²) in [7, 11) is 3.26. The molecule has 1 unspecified atom stereocenters. The molecule has 0 aliphatic carbocycles. The van der Waals surface area contributed by atoms with Crippen LogP contribution in [0.15, 0.2) is 6.33 Å². The first kappa shape index (κ1) is 12.0. The van der Waals surface area contributed by atoms with Gasteiger partial charge in [0.15, 0.2) is 6.10 Å². The SMILES string of the molecule is COC(=O)C1CN(Cc2nncn2C)CCO1. The van der Waals surface area contributed by atoms with Crippen molar-refractivity contribution in [3.8, 4) is 0 Å². The zero-order valence-electron chi connectivity index (χ0n) is 10.00. The van der Waals surface area contributed by atoms with E-state index in [9.17, 15) is 4.79 Å². The molecular formula is C10H16N4O3. The number of methoxy groups -OCH3 is 1. The first-order chi connectivity index (χ1) is 8.20. The maximum Gasteiger partial charge on any atom is 0.336 e. The molecular weight excluding hydrogens is 224 g/mol. The summed E-state index contributed by atoms with van der Waals surface area (Å²) in [5, 5.41) is 7.84. The Bertz CT molecular complexity index is 393. The van der Waals surface area contributed by atoms with Gasteiger partial charge >= 0.3 is 5.97 Å². The number of aromatic nitrogens is 3. The normalized spacial score (nSPS) is 21.4. The highest BCUT2D eigenvalue weighted by Gasteiger charge is 2.27. The van der Waals surface area contributed by atoms with Crippen LogP contribution in [0.5, 0.6) is 0 Å². The molecule has 2 rings (SSSR count). The molecule has 0 spiro atoms. The van der Waals surface area contributed by atoms with Gasteiger partial charge in [-0.3, -0.25) is 4.90 Å². The van der Waals surface area contributed by atoms with Crippen molar-refractivity contribution in [2.75, 3.05) is 26.8 Å². The number of aryl methyl sites for hydroxylation is 1. The summed E-state index contributed by atoms with van der Waals surface area (Å²) in [5.74, 6) is 0.545. The lowest BCUT2D eigenvalue weighted by Gasteiger charge is -2.30. The lowest BCUT2D eigenvalue weighted by Crippen LogP contribution is -2.46. The Labute approximate surface area is 99.3 Å². The fourth-order valence-corrected chi connectivity index (χ4v) is 1.77. The summed E-state index contributed by atoms with van der Waals surface area (Å²) in [6.45, 7) is 2.49. The van der Waals surface area contributed by atoms with Crippen LogP contribution in [-0.4, -0.2) is 58.5 Å². The quantitative estimate of drug-likeness (QED) is 0.644. The predicted molar refractivity (Wildman–Crippen MR) is 58.0 cm³/mol. The van der Waals surface area contributed by atoms with Crippen LogP contribution >= 0.6 is 0 Å². The number of ether oxygens (including phenoxy) is 2. The third-order valence-electron chi connectivity index (χ3n) is 2.78. The molecule has 7 heteroatoms. The van der Waals surface area contributed by atoms with Gasteiger partial charge in [0.25, 0.3) is 0 Å². The molecule has 7 nitrogen and oxygen atoms in total. The van der Waals surface area contributed by atoms with E-state index in [1.807, 2.05) is 11.6 Å². The van der Waals surface area contributed by atoms with Crippen LogP contribution < -0.4 is 0 Å². The number of hydrogen-bond donors (Lipinski definition) is 0. The van der Waals surface area contributed by atoms with E-state index in [0.717, 1.165) is 12.4 Å². The monoisotopic (exact) mass is 240 g/mol. The zero-order valence-corrected chi connectivity index (χ0v) is 10.00. The van der Waals surface area contributed by atoms with Crippen molar-refractivity contribution in [2.45, 2.75) is 12.6 Å². The highest BCUT2D eigenvalue weighted by Crippen LogP contribution is 2.09. The number of rotatable bonds is 3. The Morgan fingerprint density at radius 3 is 3.18 bits per heavy atom. The summed E-state index contributed by atoms with van der Waals surface area (Å²) in [6, 6.07) is 0. The first-order valence-electron chi connectivity index (χ1n) is 5.45. The molecule has 94 valence electrons.